The summed E-state index contributed by atoms with van der Waals surface area (Å²) in [5.41, 5.74) is 1.41. The number of halogens is 1. The van der Waals surface area contributed by atoms with Crippen molar-refractivity contribution in [2.75, 3.05) is 40.0 Å². The van der Waals surface area contributed by atoms with Crippen molar-refractivity contribution >= 4 is 11.8 Å². The van der Waals surface area contributed by atoms with Crippen molar-refractivity contribution in [1.29, 1.82) is 0 Å². The molecule has 0 amide bonds. The van der Waals surface area contributed by atoms with Crippen LogP contribution >= 0.6 is 0 Å². The van der Waals surface area contributed by atoms with Crippen LogP contribution in [0.2, 0.25) is 0 Å². The highest BCUT2D eigenvalue weighted by molar-refractivity contribution is 5.99. The molecule has 3 atom stereocenters. The van der Waals surface area contributed by atoms with E-state index in [0.717, 1.165) is 0 Å². The molecule has 0 unspecified atom stereocenters. The molecule has 6 nitrogen and oxygen atoms in total. The lowest BCUT2D eigenvalue weighted by Gasteiger charge is -2.43. The Labute approximate surface area is 187 Å². The van der Waals surface area contributed by atoms with Crippen LogP contribution in [0.5, 0.6) is 5.75 Å². The molecule has 1 saturated heterocycles. The van der Waals surface area contributed by atoms with E-state index < -0.39 is 23.7 Å². The Balaban J connectivity index is 2.10. The fourth-order valence-corrected chi connectivity index (χ4v) is 4.55. The highest BCUT2D eigenvalue weighted by Crippen LogP contribution is 2.41. The van der Waals surface area contributed by atoms with Gasteiger partial charge in [-0.05, 0) is 43.2 Å². The molecule has 32 heavy (non-hydrogen) atoms. The Morgan fingerprint density at radius 1 is 1.16 bits per heavy atom. The molecule has 2 aromatic rings. The lowest BCUT2D eigenvalue weighted by molar-refractivity contribution is -0.151. The van der Waals surface area contributed by atoms with Gasteiger partial charge in [0.15, 0.2) is 5.78 Å². The normalized spacial score (nSPS) is 21.3. The second kappa shape index (κ2) is 10.7. The number of phenolic OH excluding ortho intramolecular Hbond substituents is 1. The Hall–Kier alpha value is -2.77. The number of nitrogens with zero attached hydrogens (tertiary/aromatic N) is 1. The fraction of sp³-hybridized carbons (Fsp3) is 0.440. The summed E-state index contributed by atoms with van der Waals surface area (Å²) in [5, 5.41) is 9.90. The van der Waals surface area contributed by atoms with Crippen molar-refractivity contribution in [2.45, 2.75) is 19.8 Å². The molecule has 1 heterocycles. The number of rotatable bonds is 8. The summed E-state index contributed by atoms with van der Waals surface area (Å²) in [4.78, 5) is 28.7. The lowest BCUT2D eigenvalue weighted by Crippen LogP contribution is -2.51. The van der Waals surface area contributed by atoms with Crippen LogP contribution in [-0.4, -0.2) is 61.7 Å². The average Bonchev–Trinajstić information content (AvgIpc) is 2.78. The lowest BCUT2D eigenvalue weighted by atomic mass is 9.70. The number of hydrogen-bond donors (Lipinski definition) is 1. The summed E-state index contributed by atoms with van der Waals surface area (Å²) in [6.07, 6.45) is 0. The predicted octanol–water partition coefficient (Wildman–Crippen LogP) is 3.56. The number of carbonyl (C=O) groups is 2. The average molecular weight is 444 g/mol. The van der Waals surface area contributed by atoms with E-state index >= 15 is 0 Å². The minimum Gasteiger partial charge on any atom is -0.508 e. The number of piperidine rings is 1. The molecule has 0 spiro atoms. The number of esters is 1. The second-order valence-electron chi connectivity index (χ2n) is 8.11. The molecule has 2 aromatic carbocycles. The zero-order valence-electron chi connectivity index (χ0n) is 18.7. The number of carbonyl (C=O) groups excluding carboxylic acids is 2. The van der Waals surface area contributed by atoms with Crippen LogP contribution in [0, 0.1) is 24.6 Å². The first-order valence-corrected chi connectivity index (χ1v) is 10.8. The Morgan fingerprint density at radius 3 is 2.56 bits per heavy atom. The van der Waals surface area contributed by atoms with Gasteiger partial charge >= 0.3 is 5.97 Å². The van der Waals surface area contributed by atoms with Crippen LogP contribution < -0.4 is 0 Å². The Morgan fingerprint density at radius 2 is 1.88 bits per heavy atom. The number of likely N-dealkylation sites (tertiary alicyclic amines) is 1. The van der Waals surface area contributed by atoms with Crippen molar-refractivity contribution in [3.05, 3.63) is 65.0 Å². The van der Waals surface area contributed by atoms with Gasteiger partial charge in [0.1, 0.15) is 11.6 Å². The maximum atomic E-state index is 14.5. The van der Waals surface area contributed by atoms with E-state index in [1.807, 2.05) is 4.90 Å². The SMILES string of the molecule is CCOC(=O)[C@H]1CN(CCOC)C[C@H](C(=O)c2cccc(O)c2)[C@@H]1c1cccc(F)c1C. The van der Waals surface area contributed by atoms with Gasteiger partial charge in [0.05, 0.1) is 19.1 Å². The number of ketones is 1. The van der Waals surface area contributed by atoms with Crippen molar-refractivity contribution in [1.82, 2.24) is 4.90 Å². The van der Waals surface area contributed by atoms with Crippen molar-refractivity contribution in [2.24, 2.45) is 11.8 Å². The summed E-state index contributed by atoms with van der Waals surface area (Å²) in [6, 6.07) is 10.9. The summed E-state index contributed by atoms with van der Waals surface area (Å²) >= 11 is 0. The fourth-order valence-electron chi connectivity index (χ4n) is 4.55. The zero-order chi connectivity index (χ0) is 23.3. The van der Waals surface area contributed by atoms with Gasteiger partial charge in [-0.3, -0.25) is 14.5 Å². The molecule has 0 saturated carbocycles. The van der Waals surface area contributed by atoms with Gasteiger partial charge in [0.25, 0.3) is 0 Å². The van der Waals surface area contributed by atoms with Crippen LogP contribution in [0.25, 0.3) is 0 Å². The zero-order valence-corrected chi connectivity index (χ0v) is 18.7. The summed E-state index contributed by atoms with van der Waals surface area (Å²) < 4.78 is 25.1. The highest BCUT2D eigenvalue weighted by Gasteiger charge is 2.46. The quantitative estimate of drug-likeness (QED) is 0.497. The first-order chi connectivity index (χ1) is 15.4. The summed E-state index contributed by atoms with van der Waals surface area (Å²) in [7, 11) is 1.60. The maximum Gasteiger partial charge on any atom is 0.310 e. The van der Waals surface area contributed by atoms with Gasteiger partial charge < -0.3 is 14.6 Å². The Bertz CT molecular complexity index is 963. The molecular weight excluding hydrogens is 413 g/mol. The Kier molecular flexibility index (Phi) is 7.99. The van der Waals surface area contributed by atoms with E-state index in [2.05, 4.69) is 0 Å². The van der Waals surface area contributed by atoms with Gasteiger partial charge in [0, 0.05) is 44.1 Å². The third-order valence-corrected chi connectivity index (χ3v) is 6.11. The molecule has 1 N–H and O–H groups in total. The first kappa shape index (κ1) is 23.9. The van der Waals surface area contributed by atoms with Crippen LogP contribution in [-0.2, 0) is 14.3 Å². The minimum absolute atomic E-state index is 0.0108. The van der Waals surface area contributed by atoms with Crippen molar-refractivity contribution < 1.29 is 28.6 Å². The highest BCUT2D eigenvalue weighted by atomic mass is 19.1. The minimum atomic E-state index is -0.646. The number of benzene rings is 2. The van der Waals surface area contributed by atoms with Gasteiger partial charge in [0.2, 0.25) is 0 Å². The van der Waals surface area contributed by atoms with E-state index in [1.165, 1.54) is 18.2 Å². The largest absolute Gasteiger partial charge is 0.508 e. The molecule has 172 valence electrons. The summed E-state index contributed by atoms with van der Waals surface area (Å²) in [5.74, 6) is -2.83. The van der Waals surface area contributed by atoms with Gasteiger partial charge in [-0.1, -0.05) is 24.3 Å². The first-order valence-electron chi connectivity index (χ1n) is 10.8. The van der Waals surface area contributed by atoms with Gasteiger partial charge in [-0.15, -0.1) is 0 Å². The topological polar surface area (TPSA) is 76.1 Å². The van der Waals surface area contributed by atoms with Crippen LogP contribution in [0.15, 0.2) is 42.5 Å². The summed E-state index contributed by atoms with van der Waals surface area (Å²) in [6.45, 7) is 5.38. The van der Waals surface area contributed by atoms with Crippen molar-refractivity contribution in [3.63, 3.8) is 0 Å². The van der Waals surface area contributed by atoms with E-state index in [1.54, 1.807) is 45.2 Å². The molecule has 0 aromatic heterocycles. The van der Waals surface area contributed by atoms with Crippen LogP contribution in [0.1, 0.15) is 34.3 Å². The smallest absolute Gasteiger partial charge is 0.310 e. The number of aromatic hydroxyl groups is 1. The van der Waals surface area contributed by atoms with Crippen LogP contribution in [0.4, 0.5) is 4.39 Å². The maximum absolute atomic E-state index is 14.5. The molecule has 1 aliphatic heterocycles. The van der Waals surface area contributed by atoms with E-state index in [-0.39, 0.29) is 24.0 Å². The third kappa shape index (κ3) is 5.16. The number of ether oxygens (including phenoxy) is 2. The van der Waals surface area contributed by atoms with E-state index in [9.17, 15) is 19.1 Å². The molecule has 0 aliphatic carbocycles. The molecule has 1 fully saturated rings. The number of Topliss-reactive ketones (excluding diaryl/α,β-unsaturated/α-hetero) is 1. The molecule has 3 rings (SSSR count). The monoisotopic (exact) mass is 443 g/mol. The number of hydrogen-bond acceptors (Lipinski definition) is 6. The van der Waals surface area contributed by atoms with Gasteiger partial charge in [-0.25, -0.2) is 4.39 Å². The predicted molar refractivity (Wildman–Crippen MR) is 118 cm³/mol. The molecular formula is C25H30FNO5. The third-order valence-electron chi connectivity index (χ3n) is 6.11. The van der Waals surface area contributed by atoms with Crippen LogP contribution in [0.3, 0.4) is 0 Å². The van der Waals surface area contributed by atoms with E-state index in [0.29, 0.717) is 42.9 Å². The molecule has 1 aliphatic rings. The molecule has 0 radical (unpaired) electrons. The second-order valence-corrected chi connectivity index (χ2v) is 8.11. The molecule has 7 heteroatoms. The van der Waals surface area contributed by atoms with Gasteiger partial charge in [-0.2, -0.15) is 0 Å². The molecule has 0 bridgehead atoms. The van der Waals surface area contributed by atoms with Crippen molar-refractivity contribution in [3.8, 4) is 5.75 Å². The van der Waals surface area contributed by atoms with E-state index in [4.69, 9.17) is 9.47 Å². The number of methoxy groups -OCH3 is 1. The standard InChI is InChI=1S/C25H30FNO5/c1-4-32-25(30)21-15-27(11-12-31-3)14-20(24(29)17-7-5-8-18(28)13-17)23(21)19-9-6-10-22(26)16(19)2/h5-10,13,20-21,23,28H,4,11-12,14-15H2,1-3H3/t20-,21-,23-/m0/s1. The number of phenols is 1.